The fourth-order valence-corrected chi connectivity index (χ4v) is 7.25. The van der Waals surface area contributed by atoms with Crippen LogP contribution in [0.25, 0.3) is 0 Å². The minimum absolute atomic E-state index is 0.668. The molecule has 0 nitrogen and oxygen atoms in total. The van der Waals surface area contributed by atoms with E-state index in [1.54, 1.807) is 10.8 Å². The van der Waals surface area contributed by atoms with E-state index < -0.39 is 0 Å². The van der Waals surface area contributed by atoms with Crippen LogP contribution >= 0.6 is 0 Å². The summed E-state index contributed by atoms with van der Waals surface area (Å²) in [7, 11) is 0. The van der Waals surface area contributed by atoms with Crippen molar-refractivity contribution in [2.45, 2.75) is 37.0 Å². The van der Waals surface area contributed by atoms with Gasteiger partial charge in [-0.1, -0.05) is 0 Å². The van der Waals surface area contributed by atoms with Gasteiger partial charge in [0.1, 0.15) is 0 Å². The second-order valence-corrected chi connectivity index (χ2v) is 7.33. The fourth-order valence-electron chi connectivity index (χ4n) is 2.50. The van der Waals surface area contributed by atoms with Crippen LogP contribution in [0, 0.1) is 17.8 Å². The second-order valence-electron chi connectivity index (χ2n) is 3.96. The normalized spacial score (nSPS) is 41.9. The average molecular weight is 265 g/mol. The van der Waals surface area contributed by atoms with Gasteiger partial charge in [0.15, 0.2) is 0 Å². The van der Waals surface area contributed by atoms with Gasteiger partial charge >= 0.3 is 80.4 Å². The predicted octanol–water partition coefficient (Wildman–Crippen LogP) is -0.470. The first-order chi connectivity index (χ1) is 5.36. The van der Waals surface area contributed by atoms with Gasteiger partial charge in [-0.3, -0.25) is 0 Å². The molecule has 0 bridgehead atoms. The number of rotatable bonds is 3. The molecule has 1 saturated heterocycles. The molecule has 2 fully saturated rings. The van der Waals surface area contributed by atoms with Crippen molar-refractivity contribution in [1.29, 1.82) is 0 Å². The van der Waals surface area contributed by atoms with Crippen LogP contribution in [-0.4, -0.2) is 8.35 Å². The zero-order valence-corrected chi connectivity index (χ0v) is 9.67. The van der Waals surface area contributed by atoms with E-state index in [1.165, 1.54) is 28.6 Å². The Labute approximate surface area is 80.4 Å². The number of hydrogen-bond acceptors (Lipinski definition) is 0. The summed E-state index contributed by atoms with van der Waals surface area (Å²) in [6.07, 6.45) is 4.51. The first-order valence-corrected chi connectivity index (χ1v) is 7.71. The summed E-state index contributed by atoms with van der Waals surface area (Å²) in [5.41, 5.74) is 0. The van der Waals surface area contributed by atoms with Gasteiger partial charge < -0.3 is 0 Å². The monoisotopic (exact) mass is 265 g/mol. The van der Waals surface area contributed by atoms with Crippen molar-refractivity contribution in [2.75, 3.05) is 4.43 Å². The van der Waals surface area contributed by atoms with Crippen molar-refractivity contribution in [3.8, 4) is 0 Å². The molecule has 11 heavy (non-hydrogen) atoms. The van der Waals surface area contributed by atoms with Crippen molar-refractivity contribution >= 4 is 0 Å². The number of alkyl halides is 2. The molecule has 66 valence electrons. The molecule has 1 aliphatic heterocycles. The first kappa shape index (κ1) is 8.33. The summed E-state index contributed by atoms with van der Waals surface area (Å²) in [6, 6.07) is 0. The maximum atomic E-state index is 2.38. The molecule has 0 radical (unpaired) electrons. The molecule has 1 heteroatoms. The van der Waals surface area contributed by atoms with Crippen LogP contribution in [-0.2, 0) is 0 Å². The summed E-state index contributed by atoms with van der Waals surface area (Å²) in [5, 5.41) is 0. The third kappa shape index (κ3) is 1.45. The van der Waals surface area contributed by atoms with Crippen LogP contribution in [0.2, 0.25) is 0 Å². The summed E-state index contributed by atoms with van der Waals surface area (Å²) in [5.74, 6) is 3.50. The quantitative estimate of drug-likeness (QED) is 0.478. The van der Waals surface area contributed by atoms with Gasteiger partial charge in [0.05, 0.1) is 0 Å². The molecule has 0 N–H and O–H groups in total. The fraction of sp³-hybridized carbons (Fsp3) is 1.00. The zero-order valence-electron chi connectivity index (χ0n) is 7.52. The molecule has 2 rings (SSSR count). The predicted molar refractivity (Wildman–Crippen MR) is 44.3 cm³/mol. The van der Waals surface area contributed by atoms with Crippen molar-refractivity contribution in [3.05, 3.63) is 0 Å². The summed E-state index contributed by atoms with van der Waals surface area (Å²) in [6.45, 7) is 4.75. The van der Waals surface area contributed by atoms with E-state index in [9.17, 15) is 0 Å². The molecular weight excluding hydrogens is 247 g/mol. The Morgan fingerprint density at radius 1 is 1.36 bits per heavy atom. The Morgan fingerprint density at radius 2 is 2.09 bits per heavy atom. The van der Waals surface area contributed by atoms with E-state index in [4.69, 9.17) is 0 Å². The summed E-state index contributed by atoms with van der Waals surface area (Å²) in [4.78, 5) is 0. The van der Waals surface area contributed by atoms with E-state index >= 15 is 0 Å². The number of fused-ring (bicyclic) bond motifs is 1. The van der Waals surface area contributed by atoms with Crippen LogP contribution in [0.5, 0.6) is 0 Å². The molecular formula is C10H18I-. The van der Waals surface area contributed by atoms with Crippen molar-refractivity contribution in [3.63, 3.8) is 0 Å². The molecule has 3 atom stereocenters. The zero-order chi connectivity index (χ0) is 7.84. The Bertz CT molecular complexity index is 140. The molecule has 1 saturated carbocycles. The summed E-state index contributed by atoms with van der Waals surface area (Å²) >= 11 is 0.668. The Balaban J connectivity index is 1.92. The molecule has 0 spiro atoms. The van der Waals surface area contributed by atoms with Crippen LogP contribution < -0.4 is 21.2 Å². The molecule has 0 amide bonds. The molecule has 2 aliphatic rings. The van der Waals surface area contributed by atoms with E-state index in [0.29, 0.717) is 21.2 Å². The van der Waals surface area contributed by atoms with Gasteiger partial charge in [-0.2, -0.15) is 0 Å². The van der Waals surface area contributed by atoms with E-state index in [2.05, 4.69) is 13.8 Å². The van der Waals surface area contributed by atoms with Crippen molar-refractivity contribution in [1.82, 2.24) is 0 Å². The maximum absolute atomic E-state index is 2.38. The first-order valence-electron chi connectivity index (χ1n) is 4.94. The molecule has 0 aromatic rings. The van der Waals surface area contributed by atoms with Crippen molar-refractivity contribution in [2.24, 2.45) is 17.8 Å². The van der Waals surface area contributed by atoms with Crippen LogP contribution in [0.3, 0.4) is 0 Å². The standard InChI is InChI=1S/C10H18I/c1-3-7(4-2)9-6-11-10-5-8(9)10/h7-10H,3-6H2,1-2H3/q-1. The second kappa shape index (κ2) is 3.23. The molecule has 0 aromatic heterocycles. The van der Waals surface area contributed by atoms with Gasteiger partial charge in [0.2, 0.25) is 0 Å². The third-order valence-corrected chi connectivity index (χ3v) is 7.52. The minimum atomic E-state index is 0.668. The average Bonchev–Trinajstić information content (AvgIpc) is 2.70. The molecule has 0 aromatic carbocycles. The van der Waals surface area contributed by atoms with Crippen LogP contribution in [0.15, 0.2) is 0 Å². The van der Waals surface area contributed by atoms with Crippen LogP contribution in [0.4, 0.5) is 0 Å². The van der Waals surface area contributed by atoms with Gasteiger partial charge in [-0.05, 0) is 0 Å². The Morgan fingerprint density at radius 3 is 2.45 bits per heavy atom. The van der Waals surface area contributed by atoms with Crippen molar-refractivity contribution < 1.29 is 21.2 Å². The Hall–Kier alpha value is 0.730. The van der Waals surface area contributed by atoms with E-state index in [-0.39, 0.29) is 0 Å². The summed E-state index contributed by atoms with van der Waals surface area (Å²) < 4.78 is 2.96. The number of hydrogen-bond donors (Lipinski definition) is 0. The molecule has 1 heterocycles. The van der Waals surface area contributed by atoms with Gasteiger partial charge in [-0.15, -0.1) is 0 Å². The van der Waals surface area contributed by atoms with E-state index in [0.717, 1.165) is 5.92 Å². The van der Waals surface area contributed by atoms with Gasteiger partial charge in [0.25, 0.3) is 0 Å². The SMILES string of the molecule is CCC(CC)C1C[I-]C2CC21. The van der Waals surface area contributed by atoms with E-state index in [1.807, 2.05) is 0 Å². The molecule has 3 unspecified atom stereocenters. The number of halogens is 1. The molecule has 1 aliphatic carbocycles. The Kier molecular flexibility index (Phi) is 2.45. The third-order valence-electron chi connectivity index (χ3n) is 3.43. The van der Waals surface area contributed by atoms with Gasteiger partial charge in [-0.25, -0.2) is 0 Å². The van der Waals surface area contributed by atoms with Crippen LogP contribution in [0.1, 0.15) is 33.1 Å². The van der Waals surface area contributed by atoms with Gasteiger partial charge in [0, 0.05) is 0 Å². The topological polar surface area (TPSA) is 0 Å².